The quantitative estimate of drug-likeness (QED) is 0.496. The van der Waals surface area contributed by atoms with Gasteiger partial charge in [0.25, 0.3) is 0 Å². The third kappa shape index (κ3) is 6.38. The molecule has 0 unspecified atom stereocenters. The molecule has 13 heavy (non-hydrogen) atoms. The van der Waals surface area contributed by atoms with Gasteiger partial charge in [0.15, 0.2) is 0 Å². The van der Waals surface area contributed by atoms with Gasteiger partial charge in [-0.25, -0.2) is 0 Å². The summed E-state index contributed by atoms with van der Waals surface area (Å²) in [6, 6.07) is 0. The average molecular weight is 184 g/mol. The van der Waals surface area contributed by atoms with Gasteiger partial charge < -0.3 is 4.74 Å². The molecule has 0 saturated heterocycles. The number of hydrogen-bond donors (Lipinski definition) is 0. The molecule has 0 bridgehead atoms. The number of unbranched alkanes of at least 4 members (excludes halogenated alkanes) is 1. The molecule has 0 heterocycles. The highest BCUT2D eigenvalue weighted by Crippen LogP contribution is 2.14. The molecule has 0 spiro atoms. The van der Waals surface area contributed by atoms with E-state index in [1.807, 2.05) is 32.9 Å². The lowest BCUT2D eigenvalue weighted by Gasteiger charge is -2.15. The van der Waals surface area contributed by atoms with Gasteiger partial charge in [-0.15, -0.1) is 0 Å². The molecule has 0 aliphatic rings. The second kappa shape index (κ2) is 5.79. The fourth-order valence-corrected chi connectivity index (χ4v) is 0.693. The first kappa shape index (κ1) is 12.2. The minimum Gasteiger partial charge on any atom is -0.461 e. The summed E-state index contributed by atoms with van der Waals surface area (Å²) in [4.78, 5) is 11.2. The number of carbonyl (C=O) groups is 1. The molecule has 0 aliphatic heterocycles. The van der Waals surface area contributed by atoms with Crippen molar-refractivity contribution in [1.29, 1.82) is 0 Å². The first-order chi connectivity index (χ1) is 5.98. The molecule has 0 aromatic carbocycles. The van der Waals surface area contributed by atoms with Crippen LogP contribution in [0.2, 0.25) is 0 Å². The lowest BCUT2D eigenvalue weighted by molar-refractivity contribution is -0.151. The summed E-state index contributed by atoms with van der Waals surface area (Å²) in [7, 11) is 0. The van der Waals surface area contributed by atoms with Crippen molar-refractivity contribution in [2.75, 3.05) is 6.61 Å². The van der Waals surface area contributed by atoms with Gasteiger partial charge in [-0.05, 0) is 27.2 Å². The largest absolute Gasteiger partial charge is 0.461 e. The molecule has 0 radical (unpaired) electrons. The van der Waals surface area contributed by atoms with E-state index in [2.05, 4.69) is 6.92 Å². The summed E-state index contributed by atoms with van der Waals surface area (Å²) < 4.78 is 5.03. The first-order valence-electron chi connectivity index (χ1n) is 4.80. The highest BCUT2D eigenvalue weighted by Gasteiger charge is 2.22. The molecule has 0 aliphatic carbocycles. The highest BCUT2D eigenvalue weighted by molar-refractivity contribution is 5.75. The standard InChI is InChI=1S/C11H20O2/c1-5-6-7-8-9-13-10(12)11(2,3)4/h7-8H,5-6,9H2,1-4H3/b8-7+. The Hall–Kier alpha value is -0.790. The van der Waals surface area contributed by atoms with Crippen LogP contribution >= 0.6 is 0 Å². The Morgan fingerprint density at radius 3 is 2.38 bits per heavy atom. The Bertz CT molecular complexity index is 175. The molecule has 0 aromatic rings. The van der Waals surface area contributed by atoms with Gasteiger partial charge >= 0.3 is 5.97 Å². The maximum Gasteiger partial charge on any atom is 0.311 e. The van der Waals surface area contributed by atoms with Gasteiger partial charge in [0.2, 0.25) is 0 Å². The number of ether oxygens (including phenoxy) is 1. The molecule has 0 fully saturated rings. The predicted molar refractivity (Wildman–Crippen MR) is 54.5 cm³/mol. The third-order valence-corrected chi connectivity index (χ3v) is 1.55. The van der Waals surface area contributed by atoms with Crippen LogP contribution in [0.25, 0.3) is 0 Å². The smallest absolute Gasteiger partial charge is 0.311 e. The molecular formula is C11H20O2. The van der Waals surface area contributed by atoms with E-state index in [9.17, 15) is 4.79 Å². The van der Waals surface area contributed by atoms with Crippen molar-refractivity contribution in [3.8, 4) is 0 Å². The van der Waals surface area contributed by atoms with Crippen LogP contribution in [0.3, 0.4) is 0 Å². The predicted octanol–water partition coefficient (Wildman–Crippen LogP) is 2.93. The van der Waals surface area contributed by atoms with E-state index >= 15 is 0 Å². The van der Waals surface area contributed by atoms with Crippen molar-refractivity contribution in [1.82, 2.24) is 0 Å². The summed E-state index contributed by atoms with van der Waals surface area (Å²) in [6.07, 6.45) is 6.11. The summed E-state index contributed by atoms with van der Waals surface area (Å²) in [5.74, 6) is -0.145. The normalized spacial score (nSPS) is 12.0. The molecule has 0 aromatic heterocycles. The molecule has 0 amide bonds. The Balaban J connectivity index is 3.60. The van der Waals surface area contributed by atoms with Gasteiger partial charge in [-0.1, -0.05) is 25.5 Å². The molecule has 0 rings (SSSR count). The fourth-order valence-electron chi connectivity index (χ4n) is 0.693. The summed E-state index contributed by atoms with van der Waals surface area (Å²) >= 11 is 0. The van der Waals surface area contributed by atoms with Crippen LogP contribution in [0.1, 0.15) is 40.5 Å². The molecule has 2 heteroatoms. The Labute approximate surface area is 81.0 Å². The van der Waals surface area contributed by atoms with Crippen molar-refractivity contribution in [2.24, 2.45) is 5.41 Å². The number of carbonyl (C=O) groups excluding carboxylic acids is 1. The molecular weight excluding hydrogens is 164 g/mol. The van der Waals surface area contributed by atoms with E-state index in [0.29, 0.717) is 6.61 Å². The van der Waals surface area contributed by atoms with Crippen LogP contribution in [0.5, 0.6) is 0 Å². The number of allylic oxidation sites excluding steroid dienone is 1. The maximum absolute atomic E-state index is 11.2. The zero-order valence-corrected chi connectivity index (χ0v) is 9.09. The first-order valence-corrected chi connectivity index (χ1v) is 4.80. The van der Waals surface area contributed by atoms with Gasteiger partial charge in [-0.3, -0.25) is 4.79 Å². The number of rotatable bonds is 4. The van der Waals surface area contributed by atoms with Crippen LogP contribution in [-0.2, 0) is 9.53 Å². The molecule has 76 valence electrons. The van der Waals surface area contributed by atoms with Crippen LogP contribution in [-0.4, -0.2) is 12.6 Å². The zero-order chi connectivity index (χ0) is 10.3. The van der Waals surface area contributed by atoms with Crippen molar-refractivity contribution < 1.29 is 9.53 Å². The van der Waals surface area contributed by atoms with Gasteiger partial charge in [0, 0.05) is 0 Å². The minimum absolute atomic E-state index is 0.145. The monoisotopic (exact) mass is 184 g/mol. The Morgan fingerprint density at radius 1 is 1.31 bits per heavy atom. The topological polar surface area (TPSA) is 26.3 Å². The van der Waals surface area contributed by atoms with E-state index in [0.717, 1.165) is 12.8 Å². The Kier molecular flexibility index (Phi) is 5.44. The molecule has 2 nitrogen and oxygen atoms in total. The van der Waals surface area contributed by atoms with E-state index in [4.69, 9.17) is 4.74 Å². The summed E-state index contributed by atoms with van der Waals surface area (Å²) in [5, 5.41) is 0. The lowest BCUT2D eigenvalue weighted by atomic mass is 9.97. The van der Waals surface area contributed by atoms with Crippen LogP contribution in [0.15, 0.2) is 12.2 Å². The maximum atomic E-state index is 11.2. The molecule has 0 N–H and O–H groups in total. The zero-order valence-electron chi connectivity index (χ0n) is 9.09. The fraction of sp³-hybridized carbons (Fsp3) is 0.727. The third-order valence-electron chi connectivity index (χ3n) is 1.55. The van der Waals surface area contributed by atoms with E-state index in [1.54, 1.807) is 0 Å². The van der Waals surface area contributed by atoms with Gasteiger partial charge in [0.1, 0.15) is 6.61 Å². The minimum atomic E-state index is -0.390. The van der Waals surface area contributed by atoms with Gasteiger partial charge in [0.05, 0.1) is 5.41 Å². The van der Waals surface area contributed by atoms with Crippen LogP contribution in [0, 0.1) is 5.41 Å². The van der Waals surface area contributed by atoms with Crippen molar-refractivity contribution >= 4 is 5.97 Å². The second-order valence-electron chi connectivity index (χ2n) is 4.11. The molecule has 0 saturated carbocycles. The SMILES string of the molecule is CCC/C=C/COC(=O)C(C)(C)C. The highest BCUT2D eigenvalue weighted by atomic mass is 16.5. The van der Waals surface area contributed by atoms with E-state index in [-0.39, 0.29) is 5.97 Å². The van der Waals surface area contributed by atoms with Crippen molar-refractivity contribution in [3.63, 3.8) is 0 Å². The molecule has 0 atom stereocenters. The van der Waals surface area contributed by atoms with E-state index < -0.39 is 5.41 Å². The number of esters is 1. The number of hydrogen-bond acceptors (Lipinski definition) is 2. The summed E-state index contributed by atoms with van der Waals surface area (Å²) in [6.45, 7) is 8.07. The van der Waals surface area contributed by atoms with Gasteiger partial charge in [-0.2, -0.15) is 0 Å². The van der Waals surface area contributed by atoms with Crippen molar-refractivity contribution in [2.45, 2.75) is 40.5 Å². The van der Waals surface area contributed by atoms with Crippen LogP contribution < -0.4 is 0 Å². The van der Waals surface area contributed by atoms with Crippen molar-refractivity contribution in [3.05, 3.63) is 12.2 Å². The second-order valence-corrected chi connectivity index (χ2v) is 4.11. The van der Waals surface area contributed by atoms with Crippen LogP contribution in [0.4, 0.5) is 0 Å². The Morgan fingerprint density at radius 2 is 1.92 bits per heavy atom. The van der Waals surface area contributed by atoms with E-state index in [1.165, 1.54) is 0 Å². The average Bonchev–Trinajstić information content (AvgIpc) is 2.02. The lowest BCUT2D eigenvalue weighted by Crippen LogP contribution is -2.22. The summed E-state index contributed by atoms with van der Waals surface area (Å²) in [5.41, 5.74) is -0.390.